The summed E-state index contributed by atoms with van der Waals surface area (Å²) in [5.41, 5.74) is 2.37. The maximum atomic E-state index is 13.8. The quantitative estimate of drug-likeness (QED) is 0.406. The fourth-order valence-corrected chi connectivity index (χ4v) is 12.2. The summed E-state index contributed by atoms with van der Waals surface area (Å²) in [5.74, 6) is 2.18. The number of allylic oxidation sites excluding steroid dienone is 1. The number of rotatable bonds is 4. The summed E-state index contributed by atoms with van der Waals surface area (Å²) >= 11 is 0. The Balaban J connectivity index is 1.36. The van der Waals surface area contributed by atoms with Gasteiger partial charge >= 0.3 is 0 Å². The van der Waals surface area contributed by atoms with Crippen molar-refractivity contribution in [1.82, 2.24) is 10.2 Å². The van der Waals surface area contributed by atoms with Gasteiger partial charge in [0.1, 0.15) is 0 Å². The molecule has 4 saturated carbocycles. The van der Waals surface area contributed by atoms with E-state index in [0.29, 0.717) is 30.2 Å². The highest BCUT2D eigenvalue weighted by molar-refractivity contribution is 6.02. The summed E-state index contributed by atoms with van der Waals surface area (Å²) in [7, 11) is 0. The van der Waals surface area contributed by atoms with Crippen LogP contribution in [0.1, 0.15) is 120 Å². The first-order valence-electron chi connectivity index (χ1n) is 17.0. The van der Waals surface area contributed by atoms with Gasteiger partial charge in [0.15, 0.2) is 5.78 Å². The smallest absolute Gasteiger partial charge is 0.226 e. The molecule has 1 saturated heterocycles. The maximum absolute atomic E-state index is 13.8. The Morgan fingerprint density at radius 3 is 2.20 bits per heavy atom. The summed E-state index contributed by atoms with van der Waals surface area (Å²) in [6.07, 6.45) is 8.93. The summed E-state index contributed by atoms with van der Waals surface area (Å²) in [6, 6.07) is 0.467. The molecule has 2 N–H and O–H groups in total. The van der Waals surface area contributed by atoms with Gasteiger partial charge in [-0.2, -0.15) is 0 Å². The van der Waals surface area contributed by atoms with E-state index in [1.807, 2.05) is 0 Å². The van der Waals surface area contributed by atoms with Crippen LogP contribution in [0.25, 0.3) is 0 Å². The van der Waals surface area contributed by atoms with Crippen molar-refractivity contribution in [3.63, 3.8) is 0 Å². The molecule has 0 aromatic carbocycles. The van der Waals surface area contributed by atoms with Crippen LogP contribution in [0.4, 0.5) is 0 Å². The molecule has 6 rings (SSSR count). The third-order valence-electron chi connectivity index (χ3n) is 14.8. The van der Waals surface area contributed by atoms with E-state index >= 15 is 0 Å². The molecule has 8 atom stereocenters. The van der Waals surface area contributed by atoms with Crippen LogP contribution >= 0.6 is 0 Å². The SMILES string of the molecule is CC(C)C1=C2[C@H]3CC[C@@H]4[C@@]5(C)CC[C@H](O)C(C)(C)[C@@H]5CC[C@@]4(C)[C@]3(C)CC[C@@]2(NC(=O)C2CN(C(C)C)C2)CC1=O. The molecule has 5 fully saturated rings. The summed E-state index contributed by atoms with van der Waals surface area (Å²) in [6.45, 7) is 22.8. The molecule has 5 aliphatic carbocycles. The Hall–Kier alpha value is -1.20. The van der Waals surface area contributed by atoms with Crippen LogP contribution in [0.2, 0.25) is 0 Å². The van der Waals surface area contributed by atoms with Crippen LogP contribution in [0.15, 0.2) is 11.1 Å². The van der Waals surface area contributed by atoms with E-state index in [0.717, 1.165) is 50.8 Å². The molecule has 1 heterocycles. The second-order valence-electron chi connectivity index (χ2n) is 17.4. The minimum absolute atomic E-state index is 0.0352. The first-order valence-corrected chi connectivity index (χ1v) is 17.0. The highest BCUT2D eigenvalue weighted by Crippen LogP contribution is 2.75. The standard InChI is InChI=1S/C36H58N2O3/c1-21(2)29-25(39)18-36(37-31(41)23-19-38(20-23)22(3)4)17-16-34(8)24(30(29)36)10-11-27-33(7)14-13-28(40)32(5,6)26(33)12-15-35(27,34)9/h21-24,26-28,40H,10-20H2,1-9H3,(H,37,41)/t24-,26+,27-,28+,33+,34-,35-,36-/m1/s1. The molecule has 230 valence electrons. The van der Waals surface area contributed by atoms with Gasteiger partial charge in [0.05, 0.1) is 17.6 Å². The van der Waals surface area contributed by atoms with E-state index in [-0.39, 0.29) is 51.3 Å². The Kier molecular flexibility index (Phi) is 6.84. The molecule has 41 heavy (non-hydrogen) atoms. The van der Waals surface area contributed by atoms with Gasteiger partial charge in [0.2, 0.25) is 5.91 Å². The molecular formula is C36H58N2O3. The second-order valence-corrected chi connectivity index (χ2v) is 17.4. The lowest BCUT2D eigenvalue weighted by Gasteiger charge is -2.72. The molecule has 0 unspecified atom stereocenters. The zero-order valence-corrected chi connectivity index (χ0v) is 27.5. The van der Waals surface area contributed by atoms with Crippen molar-refractivity contribution < 1.29 is 14.7 Å². The molecule has 5 heteroatoms. The largest absolute Gasteiger partial charge is 0.393 e. The molecule has 0 radical (unpaired) electrons. The van der Waals surface area contributed by atoms with Gasteiger partial charge < -0.3 is 10.4 Å². The molecule has 1 aliphatic heterocycles. The third kappa shape index (κ3) is 3.92. The number of Topliss-reactive ketones (excluding diaryl/α,β-unsaturated/α-hetero) is 1. The van der Waals surface area contributed by atoms with Gasteiger partial charge in [-0.05, 0) is 122 Å². The number of nitrogens with one attached hydrogen (secondary N) is 1. The molecule has 1 amide bonds. The van der Waals surface area contributed by atoms with Crippen molar-refractivity contribution in [2.24, 2.45) is 51.2 Å². The minimum Gasteiger partial charge on any atom is -0.393 e. The zero-order chi connectivity index (χ0) is 29.9. The summed E-state index contributed by atoms with van der Waals surface area (Å²) in [4.78, 5) is 29.9. The van der Waals surface area contributed by atoms with Crippen molar-refractivity contribution in [2.75, 3.05) is 13.1 Å². The Bertz CT molecular complexity index is 1150. The summed E-state index contributed by atoms with van der Waals surface area (Å²) in [5, 5.41) is 14.6. The van der Waals surface area contributed by atoms with Gasteiger partial charge in [-0.1, -0.05) is 48.5 Å². The minimum atomic E-state index is -0.489. The normalized spacial score (nSPS) is 46.1. The number of aliphatic hydroxyl groups is 1. The average Bonchev–Trinajstić information content (AvgIpc) is 3.13. The topological polar surface area (TPSA) is 69.6 Å². The van der Waals surface area contributed by atoms with Crippen molar-refractivity contribution in [3.8, 4) is 0 Å². The van der Waals surface area contributed by atoms with Crippen LogP contribution in [-0.2, 0) is 9.59 Å². The molecule has 0 spiro atoms. The van der Waals surface area contributed by atoms with Gasteiger partial charge in [-0.25, -0.2) is 0 Å². The predicted molar refractivity (Wildman–Crippen MR) is 164 cm³/mol. The Labute approximate surface area is 249 Å². The molecule has 0 bridgehead atoms. The number of hydrogen-bond donors (Lipinski definition) is 2. The van der Waals surface area contributed by atoms with Crippen molar-refractivity contribution in [2.45, 2.75) is 138 Å². The van der Waals surface area contributed by atoms with E-state index in [4.69, 9.17) is 0 Å². The van der Waals surface area contributed by atoms with Crippen LogP contribution in [0, 0.1) is 51.2 Å². The Morgan fingerprint density at radius 2 is 1.56 bits per heavy atom. The van der Waals surface area contributed by atoms with Crippen LogP contribution < -0.4 is 5.32 Å². The number of carbonyl (C=O) groups excluding carboxylic acids is 2. The van der Waals surface area contributed by atoms with Crippen LogP contribution in [0.5, 0.6) is 0 Å². The van der Waals surface area contributed by atoms with Crippen LogP contribution in [-0.4, -0.2) is 52.5 Å². The van der Waals surface area contributed by atoms with Gasteiger partial charge in [0, 0.05) is 25.6 Å². The van der Waals surface area contributed by atoms with Crippen LogP contribution in [0.3, 0.4) is 0 Å². The maximum Gasteiger partial charge on any atom is 0.226 e. The van der Waals surface area contributed by atoms with E-state index in [1.54, 1.807) is 0 Å². The number of hydrogen-bond acceptors (Lipinski definition) is 4. The van der Waals surface area contributed by atoms with E-state index in [2.05, 4.69) is 72.5 Å². The lowest BCUT2D eigenvalue weighted by Crippen LogP contribution is -2.68. The first-order chi connectivity index (χ1) is 19.0. The molecule has 6 aliphatic rings. The molecule has 0 aromatic rings. The highest BCUT2D eigenvalue weighted by atomic mass is 16.3. The monoisotopic (exact) mass is 566 g/mol. The zero-order valence-electron chi connectivity index (χ0n) is 27.5. The number of fused-ring (bicyclic) bond motifs is 7. The van der Waals surface area contributed by atoms with E-state index in [1.165, 1.54) is 24.8 Å². The predicted octanol–water partition coefficient (Wildman–Crippen LogP) is 6.54. The average molecular weight is 567 g/mol. The lowest BCUT2D eigenvalue weighted by molar-refractivity contribution is -0.227. The molecule has 5 nitrogen and oxygen atoms in total. The highest BCUT2D eigenvalue weighted by Gasteiger charge is 2.70. The third-order valence-corrected chi connectivity index (χ3v) is 14.8. The lowest BCUT2D eigenvalue weighted by atomic mass is 9.33. The summed E-state index contributed by atoms with van der Waals surface area (Å²) < 4.78 is 0. The molecular weight excluding hydrogens is 508 g/mol. The van der Waals surface area contributed by atoms with Gasteiger partial charge in [-0.3, -0.25) is 14.5 Å². The number of ketones is 1. The molecule has 0 aromatic heterocycles. The Morgan fingerprint density at radius 1 is 0.878 bits per heavy atom. The number of aliphatic hydroxyl groups excluding tert-OH is 1. The van der Waals surface area contributed by atoms with E-state index < -0.39 is 5.54 Å². The second kappa shape index (κ2) is 9.40. The number of amides is 1. The van der Waals surface area contributed by atoms with Gasteiger partial charge in [0.25, 0.3) is 0 Å². The fourth-order valence-electron chi connectivity index (χ4n) is 12.2. The first kappa shape index (κ1) is 29.9. The van der Waals surface area contributed by atoms with Gasteiger partial charge in [-0.15, -0.1) is 0 Å². The number of likely N-dealkylation sites (tertiary alicyclic amines) is 1. The fraction of sp³-hybridized carbons (Fsp3) is 0.889. The van der Waals surface area contributed by atoms with E-state index in [9.17, 15) is 14.7 Å². The number of carbonyl (C=O) groups is 2. The van der Waals surface area contributed by atoms with Crippen molar-refractivity contribution in [1.29, 1.82) is 0 Å². The van der Waals surface area contributed by atoms with Crippen molar-refractivity contribution in [3.05, 3.63) is 11.1 Å². The number of nitrogens with zero attached hydrogens (tertiary/aromatic N) is 1. The van der Waals surface area contributed by atoms with Crippen molar-refractivity contribution >= 4 is 11.7 Å².